The van der Waals surface area contributed by atoms with E-state index in [1.165, 1.54) is 25.1 Å². The smallest absolute Gasteiger partial charge is 0.0738 e. The van der Waals surface area contributed by atoms with Crippen LogP contribution in [0, 0.1) is 2.88 Å². The average Bonchev–Trinajstić information content (AvgIpc) is 2.83. The molecule has 0 aliphatic heterocycles. The minimum Gasteiger partial charge on any atom is -0.136 e. The maximum atomic E-state index is 2.43. The van der Waals surface area contributed by atoms with Crippen LogP contribution >= 0.6 is 33.9 Å². The third-order valence-electron chi connectivity index (χ3n) is 2.89. The Labute approximate surface area is 124 Å². The monoisotopic (exact) mass is 362 g/mol. The Morgan fingerprint density at radius 1 is 0.722 bits per heavy atom. The van der Waals surface area contributed by atoms with Crippen LogP contribution in [-0.2, 0) is 0 Å². The molecule has 3 aromatic rings. The van der Waals surface area contributed by atoms with Gasteiger partial charge in [0.05, 0.1) is 2.88 Å². The molecule has 88 valence electrons. The van der Waals surface area contributed by atoms with Crippen LogP contribution in [-0.4, -0.2) is 0 Å². The van der Waals surface area contributed by atoms with Gasteiger partial charge in [-0.15, -0.1) is 11.3 Å². The van der Waals surface area contributed by atoms with Crippen molar-refractivity contribution in [1.82, 2.24) is 0 Å². The van der Waals surface area contributed by atoms with E-state index in [9.17, 15) is 0 Å². The van der Waals surface area contributed by atoms with Gasteiger partial charge in [0, 0.05) is 16.5 Å². The molecule has 0 atom stereocenters. The minimum atomic E-state index is 1.29. The molecule has 0 aliphatic carbocycles. The minimum absolute atomic E-state index is 1.29. The first-order valence-corrected chi connectivity index (χ1v) is 7.70. The topological polar surface area (TPSA) is 0 Å². The van der Waals surface area contributed by atoms with E-state index in [2.05, 4.69) is 88.6 Å². The fraction of sp³-hybridized carbons (Fsp3) is 0. The van der Waals surface area contributed by atoms with E-state index < -0.39 is 0 Å². The van der Waals surface area contributed by atoms with Crippen molar-refractivity contribution in [1.29, 1.82) is 0 Å². The fourth-order valence-corrected chi connectivity index (χ4v) is 3.84. The summed E-state index contributed by atoms with van der Waals surface area (Å²) < 4.78 is 1.35. The van der Waals surface area contributed by atoms with Gasteiger partial charge in [0.15, 0.2) is 0 Å². The molecule has 0 fully saturated rings. The third-order valence-corrected chi connectivity index (χ3v) is 4.96. The lowest BCUT2D eigenvalue weighted by Crippen LogP contribution is -1.81. The van der Waals surface area contributed by atoms with Crippen LogP contribution in [0.5, 0.6) is 0 Å². The molecule has 0 aliphatic rings. The normalized spacial score (nSPS) is 10.5. The van der Waals surface area contributed by atoms with Gasteiger partial charge in [-0.2, -0.15) is 0 Å². The summed E-state index contributed by atoms with van der Waals surface area (Å²) in [6, 6.07) is 21.2. The van der Waals surface area contributed by atoms with Crippen LogP contribution in [0.25, 0.3) is 22.3 Å². The largest absolute Gasteiger partial charge is 0.136 e. The van der Waals surface area contributed by atoms with Crippen LogP contribution in [0.4, 0.5) is 0 Å². The number of rotatable bonds is 2. The second-order valence-corrected chi connectivity index (χ2v) is 6.72. The van der Waals surface area contributed by atoms with Crippen LogP contribution in [0.3, 0.4) is 0 Å². The zero-order valence-corrected chi connectivity index (χ0v) is 12.6. The number of halogens is 1. The molecule has 2 heteroatoms. The Morgan fingerprint density at radius 3 is 1.89 bits per heavy atom. The molecule has 18 heavy (non-hydrogen) atoms. The van der Waals surface area contributed by atoms with E-state index in [1.54, 1.807) is 0 Å². The highest BCUT2D eigenvalue weighted by Crippen LogP contribution is 2.39. The number of hydrogen-bond donors (Lipinski definition) is 0. The quantitative estimate of drug-likeness (QED) is 0.514. The SMILES string of the molecule is Ic1scc(-c2ccccc2)c1-c1ccccc1. The second-order valence-electron chi connectivity index (χ2n) is 4.03. The highest BCUT2D eigenvalue weighted by molar-refractivity contribution is 14.1. The number of hydrogen-bond acceptors (Lipinski definition) is 1. The first-order chi connectivity index (χ1) is 8.86. The Bertz CT molecular complexity index is 641. The highest BCUT2D eigenvalue weighted by atomic mass is 127. The molecule has 2 aromatic carbocycles. The Hall–Kier alpha value is -1.13. The molecule has 0 saturated carbocycles. The average molecular weight is 362 g/mol. The molecule has 0 spiro atoms. The summed E-state index contributed by atoms with van der Waals surface area (Å²) >= 11 is 4.24. The number of thiophene rings is 1. The molecule has 0 nitrogen and oxygen atoms in total. The van der Waals surface area contributed by atoms with Gasteiger partial charge in [0.2, 0.25) is 0 Å². The van der Waals surface area contributed by atoms with Gasteiger partial charge in [-0.05, 0) is 33.7 Å². The standard InChI is InChI=1S/C16H11IS/c17-16-15(13-9-5-2-6-10-13)14(11-18-16)12-7-3-1-4-8-12/h1-11H. The molecule has 0 N–H and O–H groups in total. The maximum Gasteiger partial charge on any atom is 0.0738 e. The molecule has 0 saturated heterocycles. The lowest BCUT2D eigenvalue weighted by molar-refractivity contribution is 1.63. The maximum absolute atomic E-state index is 2.43. The van der Waals surface area contributed by atoms with Crippen LogP contribution in [0.2, 0.25) is 0 Å². The Balaban J connectivity index is 2.19. The molecule has 1 aromatic heterocycles. The molecule has 0 bridgehead atoms. The van der Waals surface area contributed by atoms with E-state index >= 15 is 0 Å². The summed E-state index contributed by atoms with van der Waals surface area (Å²) in [6.45, 7) is 0. The molecular formula is C16H11IS. The van der Waals surface area contributed by atoms with Gasteiger partial charge in [-0.3, -0.25) is 0 Å². The summed E-state index contributed by atoms with van der Waals surface area (Å²) in [6.07, 6.45) is 0. The van der Waals surface area contributed by atoms with Gasteiger partial charge in [-0.1, -0.05) is 60.7 Å². The summed E-state index contributed by atoms with van der Waals surface area (Å²) in [5, 5.41) is 2.25. The van der Waals surface area contributed by atoms with Crippen molar-refractivity contribution >= 4 is 33.9 Å². The van der Waals surface area contributed by atoms with Crippen molar-refractivity contribution in [3.05, 3.63) is 68.9 Å². The predicted octanol–water partition coefficient (Wildman–Crippen LogP) is 5.69. The van der Waals surface area contributed by atoms with Gasteiger partial charge in [-0.25, -0.2) is 0 Å². The van der Waals surface area contributed by atoms with Gasteiger partial charge in [0.25, 0.3) is 0 Å². The van der Waals surface area contributed by atoms with Crippen molar-refractivity contribution in [2.75, 3.05) is 0 Å². The molecule has 0 radical (unpaired) electrons. The Morgan fingerprint density at radius 2 is 1.28 bits per heavy atom. The summed E-state index contributed by atoms with van der Waals surface area (Å²) in [5.74, 6) is 0. The molecule has 0 unspecified atom stereocenters. The zero-order valence-electron chi connectivity index (χ0n) is 9.64. The second kappa shape index (κ2) is 5.24. The van der Waals surface area contributed by atoms with Crippen LogP contribution in [0.1, 0.15) is 0 Å². The van der Waals surface area contributed by atoms with E-state index in [-0.39, 0.29) is 0 Å². The molecule has 3 rings (SSSR count). The summed E-state index contributed by atoms with van der Waals surface area (Å²) in [4.78, 5) is 0. The van der Waals surface area contributed by atoms with Gasteiger partial charge in [0.1, 0.15) is 0 Å². The van der Waals surface area contributed by atoms with Crippen LogP contribution < -0.4 is 0 Å². The van der Waals surface area contributed by atoms with Gasteiger partial charge >= 0.3 is 0 Å². The van der Waals surface area contributed by atoms with Crippen molar-refractivity contribution in [3.63, 3.8) is 0 Å². The highest BCUT2D eigenvalue weighted by Gasteiger charge is 2.12. The zero-order chi connectivity index (χ0) is 12.4. The van der Waals surface area contributed by atoms with E-state index in [0.29, 0.717) is 0 Å². The lowest BCUT2D eigenvalue weighted by Gasteiger charge is -2.05. The van der Waals surface area contributed by atoms with Crippen molar-refractivity contribution in [3.8, 4) is 22.3 Å². The first kappa shape index (κ1) is 11.9. The van der Waals surface area contributed by atoms with Crippen molar-refractivity contribution in [2.24, 2.45) is 0 Å². The molecule has 1 heterocycles. The van der Waals surface area contributed by atoms with E-state index in [1.807, 2.05) is 11.3 Å². The molecule has 0 amide bonds. The first-order valence-electron chi connectivity index (χ1n) is 5.74. The third kappa shape index (κ3) is 2.22. The summed E-state index contributed by atoms with van der Waals surface area (Å²) in [5.41, 5.74) is 5.26. The predicted molar refractivity (Wildman–Crippen MR) is 87.9 cm³/mol. The number of benzene rings is 2. The van der Waals surface area contributed by atoms with Crippen molar-refractivity contribution < 1.29 is 0 Å². The van der Waals surface area contributed by atoms with Gasteiger partial charge < -0.3 is 0 Å². The van der Waals surface area contributed by atoms with E-state index in [4.69, 9.17) is 0 Å². The Kier molecular flexibility index (Phi) is 3.48. The molecular weight excluding hydrogens is 351 g/mol. The van der Waals surface area contributed by atoms with Crippen LogP contribution in [0.15, 0.2) is 66.0 Å². The van der Waals surface area contributed by atoms with Crippen molar-refractivity contribution in [2.45, 2.75) is 0 Å². The summed E-state index contributed by atoms with van der Waals surface area (Å²) in [7, 11) is 0. The lowest BCUT2D eigenvalue weighted by atomic mass is 9.99. The van der Waals surface area contributed by atoms with E-state index in [0.717, 1.165) is 0 Å². The fourth-order valence-electron chi connectivity index (χ4n) is 2.04.